The van der Waals surface area contributed by atoms with Crippen molar-refractivity contribution in [3.05, 3.63) is 0 Å². The van der Waals surface area contributed by atoms with E-state index in [-0.39, 0.29) is 18.2 Å². The second-order valence-corrected chi connectivity index (χ2v) is 5.92. The van der Waals surface area contributed by atoms with Gasteiger partial charge < -0.3 is 20.1 Å². The molecule has 5 nitrogen and oxygen atoms in total. The Labute approximate surface area is 110 Å². The van der Waals surface area contributed by atoms with Crippen molar-refractivity contribution in [1.82, 2.24) is 10.6 Å². The van der Waals surface area contributed by atoms with Crippen LogP contribution in [0.5, 0.6) is 0 Å². The minimum Gasteiger partial charge on any atom is -0.444 e. The van der Waals surface area contributed by atoms with E-state index in [9.17, 15) is 4.79 Å². The molecule has 5 heteroatoms. The van der Waals surface area contributed by atoms with Crippen LogP contribution < -0.4 is 10.6 Å². The number of alkyl carbamates (subject to hydrolysis) is 1. The molecule has 0 saturated carbocycles. The molecular weight excluding hydrogens is 232 g/mol. The van der Waals surface area contributed by atoms with E-state index in [0.29, 0.717) is 12.6 Å². The average Bonchev–Trinajstić information content (AvgIpc) is 2.59. The van der Waals surface area contributed by atoms with Crippen LogP contribution in [0.15, 0.2) is 0 Å². The summed E-state index contributed by atoms with van der Waals surface area (Å²) in [7, 11) is 0. The molecule has 106 valence electrons. The normalized spacial score (nSPS) is 25.8. The summed E-state index contributed by atoms with van der Waals surface area (Å²) in [6, 6.07) is 0.576. The Hall–Kier alpha value is -0.810. The molecule has 1 fully saturated rings. The molecule has 1 heterocycles. The van der Waals surface area contributed by atoms with Crippen LogP contribution in [-0.2, 0) is 9.47 Å². The summed E-state index contributed by atoms with van der Waals surface area (Å²) in [5.74, 6) is 0. The lowest BCUT2D eigenvalue weighted by atomic mass is 10.1. The fourth-order valence-corrected chi connectivity index (χ4v) is 1.93. The molecule has 0 aliphatic carbocycles. The second kappa shape index (κ2) is 6.38. The summed E-state index contributed by atoms with van der Waals surface area (Å²) < 4.78 is 10.7. The van der Waals surface area contributed by atoms with Gasteiger partial charge in [-0.25, -0.2) is 4.79 Å². The van der Waals surface area contributed by atoms with Gasteiger partial charge in [0.25, 0.3) is 0 Å². The Morgan fingerprint density at radius 2 is 2.17 bits per heavy atom. The minimum absolute atomic E-state index is 0.201. The first kappa shape index (κ1) is 15.2. The summed E-state index contributed by atoms with van der Waals surface area (Å²) in [6.45, 7) is 11.0. The van der Waals surface area contributed by atoms with E-state index in [0.717, 1.165) is 13.0 Å². The van der Waals surface area contributed by atoms with Crippen molar-refractivity contribution in [3.63, 3.8) is 0 Å². The Morgan fingerprint density at radius 1 is 1.50 bits per heavy atom. The van der Waals surface area contributed by atoms with Gasteiger partial charge in [-0.1, -0.05) is 0 Å². The largest absolute Gasteiger partial charge is 0.444 e. The van der Waals surface area contributed by atoms with Crippen molar-refractivity contribution >= 4 is 6.09 Å². The molecule has 0 aromatic rings. The number of amides is 1. The number of hydrogen-bond acceptors (Lipinski definition) is 4. The maximum absolute atomic E-state index is 11.5. The number of rotatable bonds is 4. The molecular formula is C13H26N2O3. The van der Waals surface area contributed by atoms with Gasteiger partial charge in [-0.3, -0.25) is 0 Å². The topological polar surface area (TPSA) is 59.6 Å². The zero-order valence-electron chi connectivity index (χ0n) is 12.1. The number of carbonyl (C=O) groups is 1. The van der Waals surface area contributed by atoms with Crippen LogP contribution in [0, 0.1) is 0 Å². The molecule has 0 aromatic carbocycles. The first-order chi connectivity index (χ1) is 8.28. The van der Waals surface area contributed by atoms with Gasteiger partial charge in [-0.2, -0.15) is 0 Å². The van der Waals surface area contributed by atoms with Crippen LogP contribution in [0.2, 0.25) is 0 Å². The number of ether oxygens (including phenoxy) is 2. The fourth-order valence-electron chi connectivity index (χ4n) is 1.93. The molecule has 1 amide bonds. The Morgan fingerprint density at radius 3 is 2.67 bits per heavy atom. The van der Waals surface area contributed by atoms with E-state index in [1.807, 2.05) is 27.7 Å². The number of carbonyl (C=O) groups excluding carboxylic acids is 1. The van der Waals surface area contributed by atoms with Crippen LogP contribution in [0.1, 0.15) is 41.0 Å². The van der Waals surface area contributed by atoms with Gasteiger partial charge in [-0.15, -0.1) is 0 Å². The molecule has 0 bridgehead atoms. The van der Waals surface area contributed by atoms with Gasteiger partial charge in [0.2, 0.25) is 0 Å². The van der Waals surface area contributed by atoms with Crippen molar-refractivity contribution in [3.8, 4) is 0 Å². The van der Waals surface area contributed by atoms with Crippen LogP contribution in [0.4, 0.5) is 4.79 Å². The molecule has 1 aliphatic rings. The predicted octanol–water partition coefficient (Wildman–Crippen LogP) is 1.67. The van der Waals surface area contributed by atoms with Gasteiger partial charge in [-0.05, 0) is 41.0 Å². The highest BCUT2D eigenvalue weighted by molar-refractivity contribution is 5.67. The highest BCUT2D eigenvalue weighted by Crippen LogP contribution is 2.13. The molecule has 0 spiro atoms. The zero-order valence-corrected chi connectivity index (χ0v) is 12.1. The van der Waals surface area contributed by atoms with Crippen LogP contribution in [-0.4, -0.2) is 43.0 Å². The SMILES string of the molecule is CC(CNC(=O)OC(C)(C)C)NC1CCOC1C. The third kappa shape index (κ3) is 5.69. The standard InChI is InChI=1S/C13H26N2O3/c1-9(15-11-6-7-17-10(11)2)8-14-12(16)18-13(3,4)5/h9-11,15H,6-8H2,1-5H3,(H,14,16). The maximum atomic E-state index is 11.5. The van der Waals surface area contributed by atoms with Crippen molar-refractivity contribution < 1.29 is 14.3 Å². The molecule has 1 saturated heterocycles. The molecule has 18 heavy (non-hydrogen) atoms. The summed E-state index contributed by atoms with van der Waals surface area (Å²) in [4.78, 5) is 11.5. The van der Waals surface area contributed by atoms with Crippen LogP contribution >= 0.6 is 0 Å². The van der Waals surface area contributed by atoms with Crippen LogP contribution in [0.25, 0.3) is 0 Å². The van der Waals surface area contributed by atoms with E-state index < -0.39 is 5.60 Å². The number of hydrogen-bond donors (Lipinski definition) is 2. The molecule has 0 aromatic heterocycles. The van der Waals surface area contributed by atoms with E-state index >= 15 is 0 Å². The van der Waals surface area contributed by atoms with Gasteiger partial charge in [0.15, 0.2) is 0 Å². The molecule has 1 aliphatic heterocycles. The van der Waals surface area contributed by atoms with Crippen LogP contribution in [0.3, 0.4) is 0 Å². The zero-order chi connectivity index (χ0) is 13.8. The third-order valence-corrected chi connectivity index (χ3v) is 2.83. The predicted molar refractivity (Wildman–Crippen MR) is 70.7 cm³/mol. The Bertz CT molecular complexity index is 276. The monoisotopic (exact) mass is 258 g/mol. The van der Waals surface area contributed by atoms with E-state index in [4.69, 9.17) is 9.47 Å². The molecule has 1 rings (SSSR count). The fraction of sp³-hybridized carbons (Fsp3) is 0.923. The van der Waals surface area contributed by atoms with Crippen molar-refractivity contribution in [1.29, 1.82) is 0 Å². The third-order valence-electron chi connectivity index (χ3n) is 2.83. The first-order valence-corrected chi connectivity index (χ1v) is 6.62. The number of nitrogens with one attached hydrogen (secondary N) is 2. The minimum atomic E-state index is -0.450. The molecule has 3 atom stereocenters. The van der Waals surface area contributed by atoms with E-state index in [1.165, 1.54) is 0 Å². The first-order valence-electron chi connectivity index (χ1n) is 6.62. The van der Waals surface area contributed by atoms with Crippen molar-refractivity contribution in [2.24, 2.45) is 0 Å². The van der Waals surface area contributed by atoms with Gasteiger partial charge in [0, 0.05) is 25.2 Å². The van der Waals surface area contributed by atoms with Gasteiger partial charge >= 0.3 is 6.09 Å². The summed E-state index contributed by atoms with van der Waals surface area (Å²) >= 11 is 0. The van der Waals surface area contributed by atoms with Gasteiger partial charge in [0.05, 0.1) is 6.10 Å². The highest BCUT2D eigenvalue weighted by atomic mass is 16.6. The van der Waals surface area contributed by atoms with Crippen molar-refractivity contribution in [2.45, 2.75) is 64.8 Å². The molecule has 2 N–H and O–H groups in total. The quantitative estimate of drug-likeness (QED) is 0.805. The van der Waals surface area contributed by atoms with E-state index in [2.05, 4.69) is 17.6 Å². The highest BCUT2D eigenvalue weighted by Gasteiger charge is 2.25. The molecule has 0 radical (unpaired) electrons. The van der Waals surface area contributed by atoms with Gasteiger partial charge in [0.1, 0.15) is 5.60 Å². The van der Waals surface area contributed by atoms with Crippen molar-refractivity contribution in [2.75, 3.05) is 13.2 Å². The lowest BCUT2D eigenvalue weighted by Crippen LogP contribution is -2.46. The summed E-state index contributed by atoms with van der Waals surface area (Å²) in [5.41, 5.74) is -0.450. The molecule has 3 unspecified atom stereocenters. The lowest BCUT2D eigenvalue weighted by Gasteiger charge is -2.23. The lowest BCUT2D eigenvalue weighted by molar-refractivity contribution is 0.0521. The average molecular weight is 258 g/mol. The van der Waals surface area contributed by atoms with E-state index in [1.54, 1.807) is 0 Å². The maximum Gasteiger partial charge on any atom is 0.407 e. The summed E-state index contributed by atoms with van der Waals surface area (Å²) in [6.07, 6.45) is 0.902. The Balaban J connectivity index is 2.20. The second-order valence-electron chi connectivity index (χ2n) is 5.92. The smallest absolute Gasteiger partial charge is 0.407 e. The Kier molecular flexibility index (Phi) is 5.41. The summed E-state index contributed by atoms with van der Waals surface area (Å²) in [5, 5.41) is 6.21.